The van der Waals surface area contributed by atoms with Gasteiger partial charge in [-0.15, -0.1) is 5.10 Å². The van der Waals surface area contributed by atoms with Crippen LogP contribution in [0.2, 0.25) is 15.1 Å². The monoisotopic (exact) mass is 456 g/mol. The second kappa shape index (κ2) is 9.05. The molecule has 3 aromatic rings. The average molecular weight is 458 g/mol. The lowest BCUT2D eigenvalue weighted by Crippen LogP contribution is -2.22. The van der Waals surface area contributed by atoms with E-state index in [9.17, 15) is 4.79 Å². The highest BCUT2D eigenvalue weighted by atomic mass is 35.5. The van der Waals surface area contributed by atoms with Crippen LogP contribution in [0, 0.1) is 0 Å². The zero-order chi connectivity index (χ0) is 20.3. The molecule has 28 heavy (non-hydrogen) atoms. The number of amides is 1. The summed E-state index contributed by atoms with van der Waals surface area (Å²) in [7, 11) is 1.61. The number of rotatable bonds is 6. The maximum Gasteiger partial charge on any atom is 0.237 e. The number of carbonyl (C=O) groups is 1. The fourth-order valence-electron chi connectivity index (χ4n) is 2.24. The Morgan fingerprint density at radius 1 is 1.14 bits per heavy atom. The van der Waals surface area contributed by atoms with Crippen LogP contribution in [0.25, 0.3) is 11.4 Å². The number of hydrogen-bond acceptors (Lipinski definition) is 5. The van der Waals surface area contributed by atoms with Crippen LogP contribution in [0.4, 0.5) is 5.69 Å². The molecule has 0 fully saturated rings. The molecule has 3 rings (SSSR count). The first kappa shape index (κ1) is 20.8. The molecule has 1 unspecified atom stereocenters. The molecular formula is C18H15Cl3N4O2S. The van der Waals surface area contributed by atoms with Crippen LogP contribution >= 0.6 is 46.6 Å². The first-order valence-corrected chi connectivity index (χ1v) is 10.1. The van der Waals surface area contributed by atoms with E-state index < -0.39 is 5.25 Å². The fourth-order valence-corrected chi connectivity index (χ4v) is 3.56. The third-order valence-corrected chi connectivity index (χ3v) is 5.74. The van der Waals surface area contributed by atoms with Crippen molar-refractivity contribution in [3.63, 3.8) is 0 Å². The first-order valence-electron chi connectivity index (χ1n) is 8.06. The highest BCUT2D eigenvalue weighted by Gasteiger charge is 2.19. The Bertz CT molecular complexity index is 995. The summed E-state index contributed by atoms with van der Waals surface area (Å²) in [6, 6.07) is 10.4. The van der Waals surface area contributed by atoms with Crippen LogP contribution in [0.15, 0.2) is 41.6 Å². The number of aromatic amines is 1. The summed E-state index contributed by atoms with van der Waals surface area (Å²) in [5, 5.41) is 10.7. The van der Waals surface area contributed by atoms with Gasteiger partial charge in [0.2, 0.25) is 11.1 Å². The number of anilines is 1. The molecule has 1 heterocycles. The van der Waals surface area contributed by atoms with E-state index in [2.05, 4.69) is 20.5 Å². The van der Waals surface area contributed by atoms with E-state index in [0.29, 0.717) is 31.7 Å². The number of nitrogens with zero attached hydrogens (tertiary/aromatic N) is 2. The van der Waals surface area contributed by atoms with Gasteiger partial charge >= 0.3 is 0 Å². The Balaban J connectivity index is 1.66. The minimum atomic E-state index is -0.468. The second-order valence-corrected chi connectivity index (χ2v) is 8.22. The summed E-state index contributed by atoms with van der Waals surface area (Å²) < 4.78 is 5.14. The van der Waals surface area contributed by atoms with Crippen LogP contribution < -0.4 is 10.1 Å². The summed E-state index contributed by atoms with van der Waals surface area (Å²) in [4.78, 5) is 16.9. The lowest BCUT2D eigenvalue weighted by atomic mass is 10.2. The molecule has 0 saturated heterocycles. The minimum Gasteiger partial charge on any atom is -0.497 e. The molecule has 0 radical (unpaired) electrons. The maximum atomic E-state index is 12.5. The number of halogens is 3. The van der Waals surface area contributed by atoms with Gasteiger partial charge in [-0.1, -0.05) is 46.6 Å². The van der Waals surface area contributed by atoms with E-state index in [1.54, 1.807) is 14.0 Å². The van der Waals surface area contributed by atoms with Gasteiger partial charge in [0.15, 0.2) is 5.82 Å². The van der Waals surface area contributed by atoms with Gasteiger partial charge in [-0.2, -0.15) is 0 Å². The van der Waals surface area contributed by atoms with E-state index in [4.69, 9.17) is 39.5 Å². The smallest absolute Gasteiger partial charge is 0.237 e. The van der Waals surface area contributed by atoms with Gasteiger partial charge in [0.25, 0.3) is 0 Å². The molecule has 0 aliphatic carbocycles. The highest BCUT2D eigenvalue weighted by molar-refractivity contribution is 8.00. The van der Waals surface area contributed by atoms with Crippen molar-refractivity contribution in [3.05, 3.63) is 51.5 Å². The Morgan fingerprint density at radius 2 is 1.82 bits per heavy atom. The van der Waals surface area contributed by atoms with Gasteiger partial charge in [0.05, 0.1) is 33.1 Å². The number of aromatic nitrogens is 3. The van der Waals surface area contributed by atoms with Crippen molar-refractivity contribution in [1.82, 2.24) is 15.2 Å². The number of hydrogen-bond donors (Lipinski definition) is 2. The van der Waals surface area contributed by atoms with Gasteiger partial charge in [0, 0.05) is 5.56 Å². The molecule has 0 bridgehead atoms. The Hall–Kier alpha value is -1.93. The zero-order valence-corrected chi connectivity index (χ0v) is 17.9. The highest BCUT2D eigenvalue weighted by Crippen LogP contribution is 2.33. The number of carbonyl (C=O) groups excluding carboxylic acids is 1. The van der Waals surface area contributed by atoms with Crippen LogP contribution in [0.3, 0.4) is 0 Å². The molecular weight excluding hydrogens is 443 g/mol. The summed E-state index contributed by atoms with van der Waals surface area (Å²) in [5.41, 5.74) is 1.25. The number of methoxy groups -OCH3 is 1. The van der Waals surface area contributed by atoms with Crippen molar-refractivity contribution in [2.45, 2.75) is 17.3 Å². The van der Waals surface area contributed by atoms with Crippen molar-refractivity contribution >= 4 is 58.2 Å². The molecule has 1 atom stereocenters. The van der Waals surface area contributed by atoms with Gasteiger partial charge in [-0.3, -0.25) is 9.89 Å². The molecule has 10 heteroatoms. The quantitative estimate of drug-likeness (QED) is 0.374. The van der Waals surface area contributed by atoms with Crippen molar-refractivity contribution in [3.8, 4) is 17.1 Å². The third-order valence-electron chi connectivity index (χ3n) is 3.75. The molecule has 0 spiro atoms. The number of H-pyrrole nitrogens is 1. The zero-order valence-electron chi connectivity index (χ0n) is 14.8. The summed E-state index contributed by atoms with van der Waals surface area (Å²) in [6.45, 7) is 1.74. The van der Waals surface area contributed by atoms with Crippen molar-refractivity contribution in [2.75, 3.05) is 12.4 Å². The topological polar surface area (TPSA) is 79.9 Å². The normalized spacial score (nSPS) is 11.9. The van der Waals surface area contributed by atoms with Gasteiger partial charge in [-0.05, 0) is 43.3 Å². The van der Waals surface area contributed by atoms with Crippen molar-refractivity contribution < 1.29 is 9.53 Å². The largest absolute Gasteiger partial charge is 0.497 e. The molecule has 0 aliphatic rings. The van der Waals surface area contributed by atoms with Crippen molar-refractivity contribution in [1.29, 1.82) is 0 Å². The van der Waals surface area contributed by atoms with E-state index >= 15 is 0 Å². The average Bonchev–Trinajstić information content (AvgIpc) is 3.14. The number of benzene rings is 2. The maximum absolute atomic E-state index is 12.5. The Labute approximate surface area is 180 Å². The summed E-state index contributed by atoms with van der Waals surface area (Å²) in [5.74, 6) is 1.09. The van der Waals surface area contributed by atoms with Gasteiger partial charge in [-0.25, -0.2) is 4.98 Å². The SMILES string of the molecule is COc1ccc(-c2nc(SC(C)C(=O)Nc3cc(Cl)c(Cl)cc3Cl)n[nH]2)cc1. The van der Waals surface area contributed by atoms with E-state index in [0.717, 1.165) is 11.3 Å². The predicted octanol–water partition coefficient (Wildman–Crippen LogP) is 5.56. The molecule has 2 N–H and O–H groups in total. The second-order valence-electron chi connectivity index (χ2n) is 5.69. The number of ether oxygens (including phenoxy) is 1. The standard InChI is InChI=1S/C18H15Cl3N4O2S/c1-9(17(26)22-15-8-13(20)12(19)7-14(15)21)28-18-23-16(24-25-18)10-3-5-11(27-2)6-4-10/h3-9H,1-2H3,(H,22,26)(H,23,24,25). The molecule has 146 valence electrons. The van der Waals surface area contributed by atoms with Gasteiger partial charge in [0.1, 0.15) is 5.75 Å². The molecule has 6 nitrogen and oxygen atoms in total. The van der Waals surface area contributed by atoms with Crippen LogP contribution in [0.5, 0.6) is 5.75 Å². The number of nitrogens with one attached hydrogen (secondary N) is 2. The molecule has 2 aromatic carbocycles. The van der Waals surface area contributed by atoms with Crippen LogP contribution in [-0.4, -0.2) is 33.4 Å². The molecule has 1 amide bonds. The molecule has 0 aliphatic heterocycles. The van der Waals surface area contributed by atoms with E-state index in [-0.39, 0.29) is 5.91 Å². The first-order chi connectivity index (χ1) is 13.4. The lowest BCUT2D eigenvalue weighted by molar-refractivity contribution is -0.115. The fraction of sp³-hybridized carbons (Fsp3) is 0.167. The van der Waals surface area contributed by atoms with E-state index in [1.807, 2.05) is 24.3 Å². The Kier molecular flexibility index (Phi) is 6.72. The summed E-state index contributed by atoms with van der Waals surface area (Å²) >= 11 is 19.2. The predicted molar refractivity (Wildman–Crippen MR) is 114 cm³/mol. The van der Waals surface area contributed by atoms with E-state index in [1.165, 1.54) is 23.9 Å². The molecule has 1 aromatic heterocycles. The molecule has 0 saturated carbocycles. The van der Waals surface area contributed by atoms with Gasteiger partial charge < -0.3 is 10.1 Å². The third kappa shape index (κ3) is 4.91. The lowest BCUT2D eigenvalue weighted by Gasteiger charge is -2.12. The minimum absolute atomic E-state index is 0.263. The van der Waals surface area contributed by atoms with Crippen LogP contribution in [0.1, 0.15) is 6.92 Å². The van der Waals surface area contributed by atoms with Crippen molar-refractivity contribution in [2.24, 2.45) is 0 Å². The van der Waals surface area contributed by atoms with Crippen LogP contribution in [-0.2, 0) is 4.79 Å². The summed E-state index contributed by atoms with van der Waals surface area (Å²) in [6.07, 6.45) is 0. The Morgan fingerprint density at radius 3 is 2.50 bits per heavy atom. The number of thioether (sulfide) groups is 1.